The van der Waals surface area contributed by atoms with Gasteiger partial charge in [0, 0.05) is 25.8 Å². The molecule has 0 aromatic heterocycles. The maximum Gasteiger partial charge on any atom is 0.261 e. The van der Waals surface area contributed by atoms with Crippen molar-refractivity contribution in [2.75, 3.05) is 26.9 Å². The first kappa shape index (κ1) is 15.8. The Balaban J connectivity index is 2.05. The maximum absolute atomic E-state index is 11.9. The highest BCUT2D eigenvalue weighted by Gasteiger charge is 2.13. The first-order valence-electron chi connectivity index (χ1n) is 7.06. The molecule has 2 rings (SSSR count). The van der Waals surface area contributed by atoms with Gasteiger partial charge < -0.3 is 14.8 Å². The summed E-state index contributed by atoms with van der Waals surface area (Å²) >= 11 is 0. The van der Waals surface area contributed by atoms with Gasteiger partial charge in [-0.3, -0.25) is 4.79 Å². The highest BCUT2D eigenvalue weighted by Crippen LogP contribution is 2.26. The van der Waals surface area contributed by atoms with Crippen LogP contribution in [-0.4, -0.2) is 32.8 Å². The number of carbonyl (C=O) groups excluding carboxylic acids is 1. The molecule has 0 atom stereocenters. The van der Waals surface area contributed by atoms with Gasteiger partial charge in [-0.25, -0.2) is 0 Å². The number of nitrogens with one attached hydrogen (secondary N) is 1. The van der Waals surface area contributed by atoms with Crippen LogP contribution in [0.15, 0.2) is 41.5 Å². The number of fused-ring (bicyclic) bond motifs is 1. The normalized spacial score (nSPS) is 13.5. The molecular weight excluding hydrogens is 280 g/mol. The van der Waals surface area contributed by atoms with Crippen molar-refractivity contribution in [1.29, 1.82) is 5.26 Å². The zero-order chi connectivity index (χ0) is 15.8. The van der Waals surface area contributed by atoms with Gasteiger partial charge in [0.2, 0.25) is 0 Å². The minimum absolute atomic E-state index is 0.0756. The van der Waals surface area contributed by atoms with Crippen LogP contribution < -0.4 is 10.1 Å². The number of carbonyl (C=O) groups is 1. The molecule has 1 amide bonds. The SMILES string of the molecule is COCCCNC(=O)/C(C#N)=C/C1=Cc2ccccc2OC1. The molecule has 0 spiro atoms. The van der Waals surface area contributed by atoms with E-state index in [9.17, 15) is 4.79 Å². The smallest absolute Gasteiger partial charge is 0.261 e. The molecule has 0 saturated heterocycles. The molecule has 0 unspecified atom stereocenters. The predicted molar refractivity (Wildman–Crippen MR) is 83.1 cm³/mol. The molecule has 5 nitrogen and oxygen atoms in total. The zero-order valence-corrected chi connectivity index (χ0v) is 12.5. The van der Waals surface area contributed by atoms with E-state index in [0.29, 0.717) is 26.2 Å². The molecule has 22 heavy (non-hydrogen) atoms. The first-order chi connectivity index (χ1) is 10.7. The second-order valence-electron chi connectivity index (χ2n) is 4.82. The minimum atomic E-state index is -0.377. The molecule has 5 heteroatoms. The highest BCUT2D eigenvalue weighted by molar-refractivity contribution is 5.98. The molecule has 1 N–H and O–H groups in total. The van der Waals surface area contributed by atoms with Crippen LogP contribution in [0.25, 0.3) is 6.08 Å². The summed E-state index contributed by atoms with van der Waals surface area (Å²) in [5.41, 5.74) is 1.81. The molecular formula is C17H18N2O3. The van der Waals surface area contributed by atoms with Crippen LogP contribution in [0.1, 0.15) is 12.0 Å². The van der Waals surface area contributed by atoms with Gasteiger partial charge in [-0.2, -0.15) is 5.26 Å². The van der Waals surface area contributed by atoms with Gasteiger partial charge in [-0.05, 0) is 30.2 Å². The van der Waals surface area contributed by atoms with Gasteiger partial charge in [0.15, 0.2) is 0 Å². The van der Waals surface area contributed by atoms with Crippen LogP contribution in [-0.2, 0) is 9.53 Å². The number of hydrogen-bond donors (Lipinski definition) is 1. The largest absolute Gasteiger partial charge is 0.488 e. The Morgan fingerprint density at radius 2 is 2.32 bits per heavy atom. The molecule has 0 fully saturated rings. The zero-order valence-electron chi connectivity index (χ0n) is 12.5. The lowest BCUT2D eigenvalue weighted by molar-refractivity contribution is -0.117. The van der Waals surface area contributed by atoms with E-state index in [1.807, 2.05) is 36.4 Å². The Morgan fingerprint density at radius 1 is 1.50 bits per heavy atom. The summed E-state index contributed by atoms with van der Waals surface area (Å²) in [5.74, 6) is 0.431. The molecule has 1 aliphatic heterocycles. The first-order valence-corrected chi connectivity index (χ1v) is 7.06. The average Bonchev–Trinajstić information content (AvgIpc) is 2.56. The quantitative estimate of drug-likeness (QED) is 0.496. The average molecular weight is 298 g/mol. The molecule has 0 saturated carbocycles. The van der Waals surface area contributed by atoms with Gasteiger partial charge in [0.25, 0.3) is 5.91 Å². The van der Waals surface area contributed by atoms with Crippen molar-refractivity contribution < 1.29 is 14.3 Å². The van der Waals surface area contributed by atoms with E-state index in [4.69, 9.17) is 14.7 Å². The van der Waals surface area contributed by atoms with Gasteiger partial charge in [-0.15, -0.1) is 0 Å². The Morgan fingerprint density at radius 3 is 3.09 bits per heavy atom. The lowest BCUT2D eigenvalue weighted by Gasteiger charge is -2.16. The third-order valence-electron chi connectivity index (χ3n) is 3.16. The standard InChI is InChI=1S/C17H18N2O3/c1-21-8-4-7-19-17(20)15(11-18)10-13-9-14-5-2-3-6-16(14)22-12-13/h2-3,5-6,9-10H,4,7-8,12H2,1H3,(H,19,20)/b15-10+. The van der Waals surface area contributed by atoms with Gasteiger partial charge >= 0.3 is 0 Å². The summed E-state index contributed by atoms with van der Waals surface area (Å²) in [5, 5.41) is 11.9. The molecule has 1 aromatic carbocycles. The second kappa shape index (κ2) is 8.01. The number of amides is 1. The lowest BCUT2D eigenvalue weighted by atomic mass is 10.1. The topological polar surface area (TPSA) is 71.3 Å². The molecule has 1 heterocycles. The third kappa shape index (κ3) is 4.21. The number of methoxy groups -OCH3 is 1. The Hall–Kier alpha value is -2.58. The molecule has 0 aliphatic carbocycles. The summed E-state index contributed by atoms with van der Waals surface area (Å²) in [4.78, 5) is 11.9. The number of benzene rings is 1. The van der Waals surface area contributed by atoms with E-state index in [1.165, 1.54) is 0 Å². The summed E-state index contributed by atoms with van der Waals surface area (Å²) < 4.78 is 10.5. The third-order valence-corrected chi connectivity index (χ3v) is 3.16. The summed E-state index contributed by atoms with van der Waals surface area (Å²) in [6.45, 7) is 1.39. The number of nitrogens with zero attached hydrogens (tertiary/aromatic N) is 1. The van der Waals surface area contributed by atoms with Crippen molar-refractivity contribution in [2.45, 2.75) is 6.42 Å². The molecule has 114 valence electrons. The van der Waals surface area contributed by atoms with E-state index in [0.717, 1.165) is 16.9 Å². The van der Waals surface area contributed by atoms with Crippen molar-refractivity contribution in [3.63, 3.8) is 0 Å². The molecule has 0 radical (unpaired) electrons. The fraction of sp³-hybridized carbons (Fsp3) is 0.294. The van der Waals surface area contributed by atoms with E-state index in [-0.39, 0.29) is 11.5 Å². The highest BCUT2D eigenvalue weighted by atomic mass is 16.5. The summed E-state index contributed by atoms with van der Waals surface area (Å²) in [6, 6.07) is 9.57. The van der Waals surface area contributed by atoms with E-state index in [1.54, 1.807) is 13.2 Å². The Bertz CT molecular complexity index is 642. The van der Waals surface area contributed by atoms with Crippen molar-refractivity contribution in [1.82, 2.24) is 5.32 Å². The monoisotopic (exact) mass is 298 g/mol. The summed E-state index contributed by atoms with van der Waals surface area (Å²) in [7, 11) is 1.61. The second-order valence-corrected chi connectivity index (χ2v) is 4.82. The number of rotatable bonds is 6. The Kier molecular flexibility index (Phi) is 5.75. The Labute approximate surface area is 129 Å². The van der Waals surface area contributed by atoms with E-state index in [2.05, 4.69) is 5.32 Å². The minimum Gasteiger partial charge on any atom is -0.488 e. The van der Waals surface area contributed by atoms with E-state index >= 15 is 0 Å². The number of ether oxygens (including phenoxy) is 2. The van der Waals surface area contributed by atoms with Crippen LogP contribution in [0.2, 0.25) is 0 Å². The molecule has 1 aromatic rings. The van der Waals surface area contributed by atoms with Crippen molar-refractivity contribution in [2.24, 2.45) is 0 Å². The van der Waals surface area contributed by atoms with Crippen molar-refractivity contribution in [3.8, 4) is 11.8 Å². The van der Waals surface area contributed by atoms with Crippen LogP contribution in [0.5, 0.6) is 5.75 Å². The van der Waals surface area contributed by atoms with Crippen molar-refractivity contribution >= 4 is 12.0 Å². The number of hydrogen-bond acceptors (Lipinski definition) is 4. The number of nitriles is 1. The van der Waals surface area contributed by atoms with Crippen LogP contribution in [0.4, 0.5) is 0 Å². The summed E-state index contributed by atoms with van der Waals surface area (Å²) in [6.07, 6.45) is 4.20. The van der Waals surface area contributed by atoms with Gasteiger partial charge in [0.1, 0.15) is 24.0 Å². The van der Waals surface area contributed by atoms with Crippen LogP contribution >= 0.6 is 0 Å². The van der Waals surface area contributed by atoms with Gasteiger partial charge in [0.05, 0.1) is 0 Å². The predicted octanol–water partition coefficient (Wildman–Crippen LogP) is 2.07. The van der Waals surface area contributed by atoms with Crippen molar-refractivity contribution in [3.05, 3.63) is 47.1 Å². The fourth-order valence-electron chi connectivity index (χ4n) is 2.06. The lowest BCUT2D eigenvalue weighted by Crippen LogP contribution is -2.26. The van der Waals surface area contributed by atoms with Gasteiger partial charge in [-0.1, -0.05) is 18.2 Å². The van der Waals surface area contributed by atoms with Crippen LogP contribution in [0.3, 0.4) is 0 Å². The fourth-order valence-corrected chi connectivity index (χ4v) is 2.06. The maximum atomic E-state index is 11.9. The molecule has 0 bridgehead atoms. The van der Waals surface area contributed by atoms with Crippen LogP contribution in [0, 0.1) is 11.3 Å². The van der Waals surface area contributed by atoms with E-state index < -0.39 is 0 Å². The molecule has 1 aliphatic rings. The number of para-hydroxylation sites is 1.